The highest BCUT2D eigenvalue weighted by Gasteiger charge is 2.11. The first-order chi connectivity index (χ1) is 8.81. The molecular formula is C12H14N4OS. The van der Waals surface area contributed by atoms with Crippen molar-refractivity contribution in [2.45, 2.75) is 6.42 Å². The molecule has 94 valence electrons. The minimum absolute atomic E-state index is 0.108. The van der Waals surface area contributed by atoms with E-state index in [2.05, 4.69) is 15.3 Å². The summed E-state index contributed by atoms with van der Waals surface area (Å²) in [7, 11) is 0. The van der Waals surface area contributed by atoms with Gasteiger partial charge >= 0.3 is 0 Å². The van der Waals surface area contributed by atoms with Crippen LogP contribution < -0.4 is 11.1 Å². The van der Waals surface area contributed by atoms with Gasteiger partial charge in [-0.3, -0.25) is 9.78 Å². The maximum absolute atomic E-state index is 11.8. The zero-order chi connectivity index (χ0) is 12.8. The molecule has 6 heteroatoms. The van der Waals surface area contributed by atoms with Gasteiger partial charge in [0.15, 0.2) is 0 Å². The Labute approximate surface area is 109 Å². The molecule has 0 saturated heterocycles. The lowest BCUT2D eigenvalue weighted by Gasteiger charge is -2.00. The predicted octanol–water partition coefficient (Wildman–Crippen LogP) is 1.28. The molecule has 2 rings (SSSR count). The minimum Gasteiger partial charge on any atom is -0.351 e. The molecule has 0 aliphatic heterocycles. The molecule has 0 atom stereocenters. The second-order valence-corrected chi connectivity index (χ2v) is 4.67. The summed E-state index contributed by atoms with van der Waals surface area (Å²) in [5, 5.41) is 3.55. The highest BCUT2D eigenvalue weighted by atomic mass is 32.1. The second kappa shape index (κ2) is 6.23. The number of nitrogens with zero attached hydrogens (tertiary/aromatic N) is 2. The van der Waals surface area contributed by atoms with E-state index in [9.17, 15) is 4.79 Å². The van der Waals surface area contributed by atoms with Gasteiger partial charge in [-0.25, -0.2) is 4.98 Å². The van der Waals surface area contributed by atoms with Gasteiger partial charge < -0.3 is 11.1 Å². The quantitative estimate of drug-likeness (QED) is 0.795. The van der Waals surface area contributed by atoms with Gasteiger partial charge in [0.05, 0.1) is 11.9 Å². The highest BCUT2D eigenvalue weighted by molar-refractivity contribution is 7.16. The van der Waals surface area contributed by atoms with Crippen molar-refractivity contribution in [1.29, 1.82) is 0 Å². The van der Waals surface area contributed by atoms with Crippen LogP contribution in [0.5, 0.6) is 0 Å². The Morgan fingerprint density at radius 1 is 1.39 bits per heavy atom. The number of carbonyl (C=O) groups excluding carboxylic acids is 1. The van der Waals surface area contributed by atoms with Crippen LogP contribution in [0.4, 0.5) is 0 Å². The summed E-state index contributed by atoms with van der Waals surface area (Å²) in [6.45, 7) is 1.16. The van der Waals surface area contributed by atoms with E-state index in [4.69, 9.17) is 5.73 Å². The largest absolute Gasteiger partial charge is 0.351 e. The number of thiazole rings is 1. The molecule has 0 fully saturated rings. The van der Waals surface area contributed by atoms with Gasteiger partial charge in [-0.2, -0.15) is 0 Å². The van der Waals surface area contributed by atoms with E-state index in [0.717, 1.165) is 17.1 Å². The summed E-state index contributed by atoms with van der Waals surface area (Å²) < 4.78 is 0. The Morgan fingerprint density at radius 2 is 2.28 bits per heavy atom. The van der Waals surface area contributed by atoms with E-state index in [-0.39, 0.29) is 5.91 Å². The van der Waals surface area contributed by atoms with Crippen LogP contribution in [0.2, 0.25) is 0 Å². The highest BCUT2D eigenvalue weighted by Crippen LogP contribution is 2.22. The van der Waals surface area contributed by atoms with E-state index >= 15 is 0 Å². The number of amides is 1. The first-order valence-electron chi connectivity index (χ1n) is 5.67. The van der Waals surface area contributed by atoms with E-state index in [0.29, 0.717) is 18.0 Å². The summed E-state index contributed by atoms with van der Waals surface area (Å²) in [5.41, 5.74) is 6.15. The van der Waals surface area contributed by atoms with Crippen molar-refractivity contribution in [2.24, 2.45) is 5.73 Å². The molecule has 0 aromatic carbocycles. The maximum atomic E-state index is 11.8. The molecule has 5 nitrogen and oxygen atoms in total. The lowest BCUT2D eigenvalue weighted by Crippen LogP contribution is -2.25. The van der Waals surface area contributed by atoms with E-state index in [1.807, 2.05) is 18.2 Å². The number of hydrogen-bond donors (Lipinski definition) is 2. The van der Waals surface area contributed by atoms with Crippen LogP contribution in [0, 0.1) is 0 Å². The lowest BCUT2D eigenvalue weighted by molar-refractivity contribution is 0.0957. The fraction of sp³-hybridized carbons (Fsp3) is 0.250. The number of nitrogens with two attached hydrogens (primary N) is 1. The Kier molecular flexibility index (Phi) is 4.38. The third-order valence-corrected chi connectivity index (χ3v) is 3.30. The molecule has 0 unspecified atom stereocenters. The number of aromatic nitrogens is 2. The number of pyridine rings is 1. The molecule has 0 radical (unpaired) electrons. The molecule has 0 aliphatic rings. The zero-order valence-corrected chi connectivity index (χ0v) is 10.6. The molecule has 0 spiro atoms. The molecule has 0 bridgehead atoms. The van der Waals surface area contributed by atoms with Gasteiger partial charge in [0, 0.05) is 12.7 Å². The summed E-state index contributed by atoms with van der Waals surface area (Å²) in [6.07, 6.45) is 4.06. The molecule has 1 amide bonds. The fourth-order valence-electron chi connectivity index (χ4n) is 1.38. The van der Waals surface area contributed by atoms with Gasteiger partial charge in [-0.15, -0.1) is 11.3 Å². The van der Waals surface area contributed by atoms with Crippen LogP contribution in [-0.2, 0) is 0 Å². The number of rotatable bonds is 5. The topological polar surface area (TPSA) is 80.9 Å². The van der Waals surface area contributed by atoms with Crippen LogP contribution in [0.15, 0.2) is 30.6 Å². The third-order valence-electron chi connectivity index (χ3n) is 2.28. The summed E-state index contributed by atoms with van der Waals surface area (Å²) in [4.78, 5) is 20.8. The summed E-state index contributed by atoms with van der Waals surface area (Å²) in [6, 6.07) is 5.61. The monoisotopic (exact) mass is 262 g/mol. The van der Waals surface area contributed by atoms with Gasteiger partial charge in [-0.1, -0.05) is 6.07 Å². The number of hydrogen-bond acceptors (Lipinski definition) is 5. The average Bonchev–Trinajstić information content (AvgIpc) is 2.89. The number of nitrogens with one attached hydrogen (secondary N) is 1. The van der Waals surface area contributed by atoms with Crippen molar-refractivity contribution >= 4 is 17.2 Å². The molecule has 2 aromatic rings. The average molecular weight is 262 g/mol. The summed E-state index contributed by atoms with van der Waals surface area (Å²) in [5.74, 6) is -0.108. The van der Waals surface area contributed by atoms with Crippen LogP contribution in [0.25, 0.3) is 10.7 Å². The van der Waals surface area contributed by atoms with E-state index in [1.54, 1.807) is 12.4 Å². The Morgan fingerprint density at radius 3 is 3.00 bits per heavy atom. The van der Waals surface area contributed by atoms with E-state index in [1.165, 1.54) is 11.3 Å². The van der Waals surface area contributed by atoms with Crippen LogP contribution in [0.1, 0.15) is 16.1 Å². The van der Waals surface area contributed by atoms with Crippen molar-refractivity contribution in [3.05, 3.63) is 35.5 Å². The van der Waals surface area contributed by atoms with Crippen LogP contribution >= 0.6 is 11.3 Å². The SMILES string of the molecule is NCCCNC(=O)c1cnc(-c2ccccn2)s1. The standard InChI is InChI=1S/C12H14N4OS/c13-5-3-7-15-11(17)10-8-16-12(18-10)9-4-1-2-6-14-9/h1-2,4,6,8H,3,5,7,13H2,(H,15,17). The first-order valence-corrected chi connectivity index (χ1v) is 6.48. The minimum atomic E-state index is -0.108. The second-order valence-electron chi connectivity index (χ2n) is 3.64. The molecule has 3 N–H and O–H groups in total. The molecule has 0 aliphatic carbocycles. The van der Waals surface area contributed by atoms with E-state index < -0.39 is 0 Å². The zero-order valence-electron chi connectivity index (χ0n) is 9.80. The molecule has 2 aromatic heterocycles. The predicted molar refractivity (Wildman–Crippen MR) is 71.3 cm³/mol. The van der Waals surface area contributed by atoms with Gasteiger partial charge in [0.25, 0.3) is 5.91 Å². The van der Waals surface area contributed by atoms with Crippen molar-refractivity contribution in [3.8, 4) is 10.7 Å². The van der Waals surface area contributed by atoms with Crippen molar-refractivity contribution in [1.82, 2.24) is 15.3 Å². The van der Waals surface area contributed by atoms with Crippen LogP contribution in [-0.4, -0.2) is 29.0 Å². The molecule has 18 heavy (non-hydrogen) atoms. The lowest BCUT2D eigenvalue weighted by atomic mass is 10.4. The molecular weight excluding hydrogens is 248 g/mol. The number of carbonyl (C=O) groups is 1. The first kappa shape index (κ1) is 12.7. The maximum Gasteiger partial charge on any atom is 0.263 e. The Hall–Kier alpha value is -1.79. The smallest absolute Gasteiger partial charge is 0.263 e. The molecule has 0 saturated carbocycles. The van der Waals surface area contributed by atoms with Crippen molar-refractivity contribution in [2.75, 3.05) is 13.1 Å². The Balaban J connectivity index is 2.04. The Bertz CT molecular complexity index is 512. The fourth-order valence-corrected chi connectivity index (χ4v) is 2.19. The van der Waals surface area contributed by atoms with Gasteiger partial charge in [0.2, 0.25) is 0 Å². The normalized spacial score (nSPS) is 10.3. The third kappa shape index (κ3) is 3.12. The van der Waals surface area contributed by atoms with Gasteiger partial charge in [0.1, 0.15) is 9.88 Å². The summed E-state index contributed by atoms with van der Waals surface area (Å²) >= 11 is 1.34. The molecule has 2 heterocycles. The van der Waals surface area contributed by atoms with Crippen molar-refractivity contribution in [3.63, 3.8) is 0 Å². The van der Waals surface area contributed by atoms with Gasteiger partial charge in [-0.05, 0) is 25.1 Å². The van der Waals surface area contributed by atoms with Crippen LogP contribution in [0.3, 0.4) is 0 Å². The van der Waals surface area contributed by atoms with Crippen molar-refractivity contribution < 1.29 is 4.79 Å².